The van der Waals surface area contributed by atoms with E-state index in [2.05, 4.69) is 29.8 Å². The lowest BCUT2D eigenvalue weighted by Gasteiger charge is -2.11. The van der Waals surface area contributed by atoms with E-state index in [1.165, 1.54) is 0 Å². The summed E-state index contributed by atoms with van der Waals surface area (Å²) in [6.45, 7) is 6.41. The van der Waals surface area contributed by atoms with Crippen molar-refractivity contribution in [2.75, 3.05) is 19.6 Å². The van der Waals surface area contributed by atoms with Gasteiger partial charge in [-0.15, -0.1) is 0 Å². The van der Waals surface area contributed by atoms with Crippen LogP contribution in [0.5, 0.6) is 0 Å². The average Bonchev–Trinajstić information content (AvgIpc) is 2.25. The quantitative estimate of drug-likeness (QED) is 0.565. The lowest BCUT2D eigenvalue weighted by molar-refractivity contribution is -0.117. The largest absolute Gasteiger partial charge is 0.387 e. The van der Waals surface area contributed by atoms with Gasteiger partial charge in [-0.2, -0.15) is 0 Å². The Kier molecular flexibility index (Phi) is 4.90. The molecule has 0 aromatic heterocycles. The topological polar surface area (TPSA) is 53.2 Å². The van der Waals surface area contributed by atoms with Crippen LogP contribution in [-0.2, 0) is 4.79 Å². The third-order valence-electron chi connectivity index (χ3n) is 2.02. The summed E-state index contributed by atoms with van der Waals surface area (Å²) in [5.74, 6) is -0.0241. The second kappa shape index (κ2) is 6.24. The molecule has 0 aliphatic carbocycles. The Morgan fingerprint density at radius 2 is 2.33 bits per heavy atom. The minimum Gasteiger partial charge on any atom is -0.387 e. The fourth-order valence-corrected chi connectivity index (χ4v) is 1.25. The molecule has 1 amide bonds. The number of dihydropyridines is 1. The lowest BCUT2D eigenvalue weighted by atomic mass is 10.2. The highest BCUT2D eigenvalue weighted by Crippen LogP contribution is 1.98. The summed E-state index contributed by atoms with van der Waals surface area (Å²) in [5.41, 5.74) is 0.686. The van der Waals surface area contributed by atoms with E-state index in [0.717, 1.165) is 13.1 Å². The first kappa shape index (κ1) is 11.8. The van der Waals surface area contributed by atoms with Crippen molar-refractivity contribution in [3.05, 3.63) is 23.9 Å². The van der Waals surface area contributed by atoms with Gasteiger partial charge in [-0.3, -0.25) is 4.79 Å². The molecule has 0 radical (unpaired) electrons. The number of carbonyl (C=O) groups is 1. The molecule has 0 spiro atoms. The number of hydrogen-bond donors (Lipinski definition) is 3. The van der Waals surface area contributed by atoms with E-state index >= 15 is 0 Å². The monoisotopic (exact) mass is 209 g/mol. The smallest absolute Gasteiger partial charge is 0.252 e. The molecule has 0 bridgehead atoms. The molecule has 1 heterocycles. The van der Waals surface area contributed by atoms with Crippen molar-refractivity contribution in [3.8, 4) is 0 Å². The zero-order valence-electron chi connectivity index (χ0n) is 9.34. The fraction of sp³-hybridized carbons (Fsp3) is 0.545. The maximum Gasteiger partial charge on any atom is 0.252 e. The Morgan fingerprint density at radius 3 is 2.93 bits per heavy atom. The zero-order valence-corrected chi connectivity index (χ0v) is 9.34. The van der Waals surface area contributed by atoms with Crippen LogP contribution in [-0.4, -0.2) is 31.6 Å². The number of amides is 1. The normalized spacial score (nSPS) is 14.7. The summed E-state index contributed by atoms with van der Waals surface area (Å²) in [7, 11) is 0. The second-order valence-electron chi connectivity index (χ2n) is 3.78. The predicted octanol–water partition coefficient (Wildman–Crippen LogP) is 0.144. The third-order valence-corrected chi connectivity index (χ3v) is 2.02. The van der Waals surface area contributed by atoms with E-state index in [9.17, 15) is 4.79 Å². The van der Waals surface area contributed by atoms with Crippen LogP contribution < -0.4 is 16.0 Å². The van der Waals surface area contributed by atoms with E-state index in [-0.39, 0.29) is 5.91 Å². The van der Waals surface area contributed by atoms with Gasteiger partial charge in [0.2, 0.25) is 0 Å². The molecule has 4 heteroatoms. The molecular weight excluding hydrogens is 190 g/mol. The van der Waals surface area contributed by atoms with Crippen molar-refractivity contribution >= 4 is 5.91 Å². The van der Waals surface area contributed by atoms with Gasteiger partial charge in [-0.25, -0.2) is 0 Å². The van der Waals surface area contributed by atoms with E-state index < -0.39 is 0 Å². The maximum absolute atomic E-state index is 11.5. The van der Waals surface area contributed by atoms with Crippen LogP contribution in [0.2, 0.25) is 0 Å². The molecule has 4 nitrogen and oxygen atoms in total. The first-order valence-corrected chi connectivity index (χ1v) is 5.32. The van der Waals surface area contributed by atoms with Gasteiger partial charge in [-0.1, -0.05) is 26.0 Å². The molecule has 0 aromatic rings. The van der Waals surface area contributed by atoms with E-state index in [1.54, 1.807) is 6.20 Å². The van der Waals surface area contributed by atoms with Crippen molar-refractivity contribution in [1.82, 2.24) is 16.0 Å². The summed E-state index contributed by atoms with van der Waals surface area (Å²) < 4.78 is 0. The van der Waals surface area contributed by atoms with Gasteiger partial charge in [0.05, 0.1) is 5.57 Å². The zero-order chi connectivity index (χ0) is 11.1. The van der Waals surface area contributed by atoms with Crippen LogP contribution in [0.3, 0.4) is 0 Å². The highest BCUT2D eigenvalue weighted by molar-refractivity contribution is 5.96. The first-order valence-electron chi connectivity index (χ1n) is 5.32. The van der Waals surface area contributed by atoms with Gasteiger partial charge in [0.1, 0.15) is 0 Å². The molecule has 0 atom stereocenters. The minimum absolute atomic E-state index is 0.0241. The number of carbonyl (C=O) groups excluding carboxylic acids is 1. The van der Waals surface area contributed by atoms with Gasteiger partial charge >= 0.3 is 0 Å². The second-order valence-corrected chi connectivity index (χ2v) is 3.78. The molecule has 84 valence electrons. The molecule has 0 unspecified atom stereocenters. The SMILES string of the molecule is CC(C)NCCNC(=O)C1=CNCC=C1. The highest BCUT2D eigenvalue weighted by atomic mass is 16.1. The highest BCUT2D eigenvalue weighted by Gasteiger charge is 2.06. The first-order chi connectivity index (χ1) is 7.20. The van der Waals surface area contributed by atoms with Crippen LogP contribution in [0.25, 0.3) is 0 Å². The van der Waals surface area contributed by atoms with Gasteiger partial charge in [0.15, 0.2) is 0 Å². The third kappa shape index (κ3) is 4.65. The van der Waals surface area contributed by atoms with Crippen LogP contribution in [0.4, 0.5) is 0 Å². The van der Waals surface area contributed by atoms with Crippen LogP contribution >= 0.6 is 0 Å². The summed E-state index contributed by atoms with van der Waals surface area (Å²) >= 11 is 0. The summed E-state index contributed by atoms with van der Waals surface area (Å²) in [6, 6.07) is 0.456. The lowest BCUT2D eigenvalue weighted by Crippen LogP contribution is -2.35. The Bertz CT molecular complexity index is 269. The van der Waals surface area contributed by atoms with Crippen molar-refractivity contribution in [3.63, 3.8) is 0 Å². The van der Waals surface area contributed by atoms with Crippen molar-refractivity contribution in [1.29, 1.82) is 0 Å². The van der Waals surface area contributed by atoms with Crippen molar-refractivity contribution < 1.29 is 4.79 Å². The minimum atomic E-state index is -0.0241. The van der Waals surface area contributed by atoms with E-state index in [4.69, 9.17) is 0 Å². The van der Waals surface area contributed by atoms with Gasteiger partial charge in [-0.05, 0) is 0 Å². The predicted molar refractivity (Wildman–Crippen MR) is 61.4 cm³/mol. The van der Waals surface area contributed by atoms with E-state index in [0.29, 0.717) is 18.2 Å². The molecule has 15 heavy (non-hydrogen) atoms. The molecule has 1 aliphatic heterocycles. The molecule has 0 fully saturated rings. The van der Waals surface area contributed by atoms with Crippen LogP contribution in [0.15, 0.2) is 23.9 Å². The Hall–Kier alpha value is -1.29. The molecule has 3 N–H and O–H groups in total. The van der Waals surface area contributed by atoms with Crippen molar-refractivity contribution in [2.24, 2.45) is 0 Å². The fourth-order valence-electron chi connectivity index (χ4n) is 1.25. The number of nitrogens with one attached hydrogen (secondary N) is 3. The molecular formula is C11H19N3O. The maximum atomic E-state index is 11.5. The molecule has 0 saturated heterocycles. The summed E-state index contributed by atoms with van der Waals surface area (Å²) in [5, 5.41) is 9.08. The van der Waals surface area contributed by atoms with Gasteiger partial charge in [0, 0.05) is 31.9 Å². The Labute approximate surface area is 90.8 Å². The molecule has 0 aromatic carbocycles. The Morgan fingerprint density at radius 1 is 1.53 bits per heavy atom. The van der Waals surface area contributed by atoms with E-state index in [1.807, 2.05) is 12.2 Å². The van der Waals surface area contributed by atoms with Crippen molar-refractivity contribution in [2.45, 2.75) is 19.9 Å². The molecule has 1 aliphatic rings. The van der Waals surface area contributed by atoms with Crippen LogP contribution in [0.1, 0.15) is 13.8 Å². The summed E-state index contributed by atoms with van der Waals surface area (Å²) in [6.07, 6.45) is 5.51. The average molecular weight is 209 g/mol. The Balaban J connectivity index is 2.18. The van der Waals surface area contributed by atoms with Gasteiger partial charge in [0.25, 0.3) is 5.91 Å². The molecule has 1 rings (SSSR count). The standard InChI is InChI=1S/C11H19N3O/c1-9(2)13-6-7-14-11(15)10-4-3-5-12-8-10/h3-4,8-9,12-13H,5-7H2,1-2H3,(H,14,15). The number of hydrogen-bond acceptors (Lipinski definition) is 3. The summed E-state index contributed by atoms with van der Waals surface area (Å²) in [4.78, 5) is 11.5. The number of rotatable bonds is 5. The molecule has 0 saturated carbocycles. The van der Waals surface area contributed by atoms with Crippen LogP contribution in [0, 0.1) is 0 Å². The van der Waals surface area contributed by atoms with Gasteiger partial charge < -0.3 is 16.0 Å².